The van der Waals surface area contributed by atoms with Crippen LogP contribution in [-0.2, 0) is 13.8 Å². The van der Waals surface area contributed by atoms with Crippen LogP contribution in [-0.4, -0.2) is 57.6 Å². The highest BCUT2D eigenvalue weighted by atomic mass is 31.2. The lowest BCUT2D eigenvalue weighted by atomic mass is 10.2. The second kappa shape index (κ2) is 5.59. The third kappa shape index (κ3) is 2.71. The number of rotatable bonds is 4. The maximum absolute atomic E-state index is 10.8. The highest BCUT2D eigenvalue weighted by molar-refractivity contribution is 7.46. The number of aromatic nitrogens is 5. The van der Waals surface area contributed by atoms with E-state index in [9.17, 15) is 9.67 Å². The van der Waals surface area contributed by atoms with Gasteiger partial charge >= 0.3 is 7.82 Å². The van der Waals surface area contributed by atoms with Crippen LogP contribution in [0.5, 0.6) is 0 Å². The van der Waals surface area contributed by atoms with Crippen LogP contribution in [0.4, 0.5) is 0 Å². The van der Waals surface area contributed by atoms with Gasteiger partial charge in [0.15, 0.2) is 16.8 Å². The molecule has 1 aliphatic heterocycles. The van der Waals surface area contributed by atoms with Crippen molar-refractivity contribution in [1.82, 2.24) is 23.9 Å². The van der Waals surface area contributed by atoms with E-state index in [1.807, 2.05) is 0 Å². The van der Waals surface area contributed by atoms with Crippen molar-refractivity contribution in [3.05, 3.63) is 25.0 Å². The van der Waals surface area contributed by atoms with E-state index in [-0.39, 0.29) is 6.42 Å². The molecule has 12 heteroatoms. The fourth-order valence-electron chi connectivity index (χ4n) is 2.76. The van der Waals surface area contributed by atoms with Crippen LogP contribution in [0.1, 0.15) is 12.6 Å². The summed E-state index contributed by atoms with van der Waals surface area (Å²) in [5, 5.41) is 10.0. The van der Waals surface area contributed by atoms with E-state index in [0.29, 0.717) is 16.8 Å². The first-order valence-corrected chi connectivity index (χ1v) is 8.63. The Morgan fingerprint density at radius 3 is 2.92 bits per heavy atom. The molecule has 3 aromatic heterocycles. The predicted octanol–water partition coefficient (Wildman–Crippen LogP) is -0.163. The average molecular weight is 355 g/mol. The van der Waals surface area contributed by atoms with Gasteiger partial charge in [-0.25, -0.2) is 19.5 Å². The average Bonchev–Trinajstić information content (AvgIpc) is 3.20. The molecular formula is C12H14N5O6P. The molecule has 0 radical (unpaired) electrons. The Kier molecular flexibility index (Phi) is 3.64. The summed E-state index contributed by atoms with van der Waals surface area (Å²) in [5.74, 6) is 0. The number of fused-ring (bicyclic) bond motifs is 3. The van der Waals surface area contributed by atoms with Crippen molar-refractivity contribution in [3.8, 4) is 0 Å². The van der Waals surface area contributed by atoms with Gasteiger partial charge in [-0.2, -0.15) is 0 Å². The van der Waals surface area contributed by atoms with E-state index in [4.69, 9.17) is 14.5 Å². The van der Waals surface area contributed by atoms with Crippen molar-refractivity contribution in [2.45, 2.75) is 24.9 Å². The number of phosphoric acid groups is 1. The molecule has 1 fully saturated rings. The Morgan fingerprint density at radius 1 is 1.29 bits per heavy atom. The highest BCUT2D eigenvalue weighted by Gasteiger charge is 2.37. The van der Waals surface area contributed by atoms with Gasteiger partial charge in [-0.3, -0.25) is 13.5 Å². The quantitative estimate of drug-likeness (QED) is 0.543. The lowest BCUT2D eigenvalue weighted by Gasteiger charge is -2.16. The number of hydrogen-bond donors (Lipinski definition) is 3. The summed E-state index contributed by atoms with van der Waals surface area (Å²) in [7, 11) is -4.62. The maximum atomic E-state index is 10.8. The summed E-state index contributed by atoms with van der Waals surface area (Å²) >= 11 is 0. The molecule has 0 spiro atoms. The zero-order valence-corrected chi connectivity index (χ0v) is 13.1. The van der Waals surface area contributed by atoms with E-state index < -0.39 is 32.9 Å². The molecule has 128 valence electrons. The molecule has 0 unspecified atom stereocenters. The second-order valence-electron chi connectivity index (χ2n) is 5.45. The molecule has 11 nitrogen and oxygen atoms in total. The van der Waals surface area contributed by atoms with Crippen LogP contribution in [0.3, 0.4) is 0 Å². The van der Waals surface area contributed by atoms with E-state index in [2.05, 4.69) is 19.5 Å². The molecule has 0 aromatic carbocycles. The molecule has 0 bridgehead atoms. The van der Waals surface area contributed by atoms with E-state index in [1.54, 1.807) is 27.7 Å². The van der Waals surface area contributed by atoms with Gasteiger partial charge in [0, 0.05) is 18.8 Å². The van der Waals surface area contributed by atoms with Crippen molar-refractivity contribution in [2.24, 2.45) is 0 Å². The van der Waals surface area contributed by atoms with Gasteiger partial charge in [-0.05, 0) is 0 Å². The van der Waals surface area contributed by atoms with Gasteiger partial charge in [0.2, 0.25) is 0 Å². The molecular weight excluding hydrogens is 341 g/mol. The summed E-state index contributed by atoms with van der Waals surface area (Å²) in [4.78, 5) is 30.4. The molecule has 3 atom stereocenters. The van der Waals surface area contributed by atoms with E-state index in [1.165, 1.54) is 6.33 Å². The fourth-order valence-corrected chi connectivity index (χ4v) is 3.10. The number of hydrogen-bond acceptors (Lipinski definition) is 7. The van der Waals surface area contributed by atoms with Crippen molar-refractivity contribution < 1.29 is 28.7 Å². The lowest BCUT2D eigenvalue weighted by molar-refractivity contribution is -0.0424. The molecule has 3 N–H and O–H groups in total. The molecule has 0 aliphatic carbocycles. The Morgan fingerprint density at radius 2 is 2.12 bits per heavy atom. The van der Waals surface area contributed by atoms with E-state index >= 15 is 0 Å². The number of phosphoric ester groups is 1. The maximum Gasteiger partial charge on any atom is 0.469 e. The molecule has 3 aromatic rings. The van der Waals surface area contributed by atoms with Gasteiger partial charge in [-0.1, -0.05) is 0 Å². The van der Waals surface area contributed by atoms with Crippen LogP contribution in [0.15, 0.2) is 25.0 Å². The third-order valence-electron chi connectivity index (χ3n) is 3.87. The standard InChI is InChI=1S/C12H14N5O6P/c18-7-3-9(23-8(7)4-22-24(19,20)21)17-6-14-10-11-13-1-2-16(11)5-15-12(10)17/h1-2,5-9,18H,3-4H2,(H2,19,20,21)/t7-,8-,9+/m0/s1. The molecule has 4 heterocycles. The predicted molar refractivity (Wildman–Crippen MR) is 78.8 cm³/mol. The summed E-state index contributed by atoms with van der Waals surface area (Å²) in [6, 6.07) is 0. The Labute approximate surface area is 134 Å². The Balaban J connectivity index is 1.60. The van der Waals surface area contributed by atoms with Crippen molar-refractivity contribution in [1.29, 1.82) is 0 Å². The number of ether oxygens (including phenoxy) is 1. The largest absolute Gasteiger partial charge is 0.469 e. The lowest BCUT2D eigenvalue weighted by Crippen LogP contribution is -2.25. The number of imidazole rings is 2. The SMILES string of the molecule is O=P(O)(O)OC[C@@H]1O[C@@H](n2cnc3c2ncn2ccnc32)C[C@@H]1O. The minimum absolute atomic E-state index is 0.224. The number of aliphatic hydroxyl groups excluding tert-OH is 1. The minimum Gasteiger partial charge on any atom is -0.390 e. The topological polar surface area (TPSA) is 144 Å². The first-order valence-electron chi connectivity index (χ1n) is 7.10. The molecule has 4 rings (SSSR count). The van der Waals surface area contributed by atoms with Gasteiger partial charge in [0.25, 0.3) is 0 Å². The molecule has 0 saturated carbocycles. The van der Waals surface area contributed by atoms with Crippen LogP contribution in [0.25, 0.3) is 16.8 Å². The van der Waals surface area contributed by atoms with Gasteiger partial charge in [0.1, 0.15) is 18.7 Å². The first-order chi connectivity index (χ1) is 11.4. The molecule has 1 aliphatic rings. The summed E-state index contributed by atoms with van der Waals surface area (Å²) in [6.07, 6.45) is 4.41. The van der Waals surface area contributed by atoms with Crippen molar-refractivity contribution >= 4 is 24.6 Å². The zero-order valence-electron chi connectivity index (χ0n) is 12.2. The molecule has 0 amide bonds. The normalized spacial score (nSPS) is 25.0. The fraction of sp³-hybridized carbons (Fsp3) is 0.417. The van der Waals surface area contributed by atoms with Crippen molar-refractivity contribution in [2.75, 3.05) is 6.61 Å². The van der Waals surface area contributed by atoms with Gasteiger partial charge < -0.3 is 19.6 Å². The van der Waals surface area contributed by atoms with Crippen LogP contribution < -0.4 is 0 Å². The summed E-state index contributed by atoms with van der Waals surface area (Å²) in [6.45, 7) is -0.410. The summed E-state index contributed by atoms with van der Waals surface area (Å²) in [5.41, 5.74) is 1.79. The van der Waals surface area contributed by atoms with Crippen molar-refractivity contribution in [3.63, 3.8) is 0 Å². The smallest absolute Gasteiger partial charge is 0.390 e. The highest BCUT2D eigenvalue weighted by Crippen LogP contribution is 2.38. The summed E-state index contributed by atoms with van der Waals surface area (Å²) < 4.78 is 24.2. The minimum atomic E-state index is -4.62. The molecule has 24 heavy (non-hydrogen) atoms. The molecule has 1 saturated heterocycles. The Bertz CT molecular complexity index is 934. The Hall–Kier alpha value is -1.88. The van der Waals surface area contributed by atoms with Crippen LogP contribution in [0, 0.1) is 0 Å². The van der Waals surface area contributed by atoms with Gasteiger partial charge in [0.05, 0.1) is 19.0 Å². The van der Waals surface area contributed by atoms with Crippen LogP contribution >= 0.6 is 7.82 Å². The second-order valence-corrected chi connectivity index (χ2v) is 6.68. The first kappa shape index (κ1) is 15.6. The van der Waals surface area contributed by atoms with Gasteiger partial charge in [-0.15, -0.1) is 0 Å². The number of nitrogens with zero attached hydrogens (tertiary/aromatic N) is 5. The monoisotopic (exact) mass is 355 g/mol. The van der Waals surface area contributed by atoms with E-state index in [0.717, 1.165) is 0 Å². The third-order valence-corrected chi connectivity index (χ3v) is 4.36. The van der Waals surface area contributed by atoms with Crippen LogP contribution in [0.2, 0.25) is 0 Å². The number of aliphatic hydroxyl groups is 1. The zero-order chi connectivity index (χ0) is 16.9.